The second kappa shape index (κ2) is 6.24. The van der Waals surface area contributed by atoms with E-state index in [1.165, 1.54) is 12.3 Å². The van der Waals surface area contributed by atoms with Crippen LogP contribution in [-0.4, -0.2) is 22.5 Å². The maximum absolute atomic E-state index is 11.8. The molecule has 1 aromatic carbocycles. The third-order valence-corrected chi connectivity index (χ3v) is 3.03. The molecule has 6 heteroatoms. The van der Waals surface area contributed by atoms with Crippen LogP contribution in [0.2, 0.25) is 5.02 Å². The van der Waals surface area contributed by atoms with Crippen molar-refractivity contribution in [3.63, 3.8) is 0 Å². The Labute approximate surface area is 120 Å². The molecule has 1 aromatic heterocycles. The topological polar surface area (TPSA) is 88.9 Å². The van der Waals surface area contributed by atoms with Gasteiger partial charge in [-0.25, -0.2) is 0 Å². The van der Waals surface area contributed by atoms with Crippen LogP contribution in [0.5, 0.6) is 0 Å². The first-order valence-electron chi connectivity index (χ1n) is 5.90. The number of carbonyl (C=O) groups is 1. The number of hydrogen-bond acceptors (Lipinski definition) is 3. The summed E-state index contributed by atoms with van der Waals surface area (Å²) in [6, 6.07) is 10.1. The highest BCUT2D eigenvalue weighted by Gasteiger charge is 2.12. The van der Waals surface area contributed by atoms with E-state index in [4.69, 9.17) is 16.9 Å². The maximum atomic E-state index is 11.8. The molecule has 0 spiro atoms. The number of nitriles is 1. The van der Waals surface area contributed by atoms with Gasteiger partial charge in [0.1, 0.15) is 11.8 Å². The second-order valence-electron chi connectivity index (χ2n) is 4.19. The third kappa shape index (κ3) is 3.38. The molecule has 0 aliphatic carbocycles. The Hall–Kier alpha value is -2.29. The summed E-state index contributed by atoms with van der Waals surface area (Å²) in [5.74, 6) is -0.351. The van der Waals surface area contributed by atoms with Gasteiger partial charge in [-0.15, -0.1) is 0 Å². The number of aromatic nitrogens is 1. The second-order valence-corrected chi connectivity index (χ2v) is 4.63. The molecule has 0 bridgehead atoms. The lowest BCUT2D eigenvalue weighted by molar-refractivity contribution is 0.0916. The van der Waals surface area contributed by atoms with Crippen LogP contribution in [0.1, 0.15) is 27.7 Å². The molecule has 2 rings (SSSR count). The summed E-state index contributed by atoms with van der Waals surface area (Å²) in [5.41, 5.74) is 1.33. The van der Waals surface area contributed by atoms with Crippen LogP contribution < -0.4 is 5.32 Å². The predicted molar refractivity (Wildman–Crippen MR) is 74.3 cm³/mol. The van der Waals surface area contributed by atoms with Gasteiger partial charge in [0.05, 0.1) is 11.7 Å². The van der Waals surface area contributed by atoms with Crippen LogP contribution in [0.3, 0.4) is 0 Å². The van der Waals surface area contributed by atoms with Crippen molar-refractivity contribution in [3.05, 3.63) is 58.4 Å². The quantitative estimate of drug-likeness (QED) is 0.804. The van der Waals surface area contributed by atoms with Gasteiger partial charge in [-0.2, -0.15) is 5.26 Å². The highest BCUT2D eigenvalue weighted by Crippen LogP contribution is 2.15. The monoisotopic (exact) mass is 289 g/mol. The average Bonchev–Trinajstić information content (AvgIpc) is 2.94. The Morgan fingerprint density at radius 1 is 1.45 bits per heavy atom. The van der Waals surface area contributed by atoms with E-state index >= 15 is 0 Å². The zero-order chi connectivity index (χ0) is 14.5. The Morgan fingerprint density at radius 3 is 2.75 bits per heavy atom. The normalized spacial score (nSPS) is 11.7. The van der Waals surface area contributed by atoms with Gasteiger partial charge >= 0.3 is 0 Å². The predicted octanol–water partition coefficient (Wildman–Crippen LogP) is 2.00. The number of halogens is 1. The van der Waals surface area contributed by atoms with Crippen molar-refractivity contribution in [1.29, 1.82) is 5.26 Å². The number of benzene rings is 1. The summed E-state index contributed by atoms with van der Waals surface area (Å²) in [6.07, 6.45) is 0.633. The lowest BCUT2D eigenvalue weighted by Crippen LogP contribution is -2.28. The standard InChI is InChI=1S/C14H12ClN3O2/c15-11-3-1-9(2-4-11)13(19)8-18-14(20)10-5-12(6-16)17-7-10/h1-5,7,13,17,19H,8H2,(H,18,20). The van der Waals surface area contributed by atoms with Crippen molar-refractivity contribution in [1.82, 2.24) is 10.3 Å². The SMILES string of the molecule is N#Cc1cc(C(=O)NCC(O)c2ccc(Cl)cc2)c[nH]1. The van der Waals surface area contributed by atoms with Gasteiger partial charge in [0, 0.05) is 17.8 Å². The Morgan fingerprint density at radius 2 is 2.15 bits per heavy atom. The molecule has 0 saturated carbocycles. The lowest BCUT2D eigenvalue weighted by atomic mass is 10.1. The molecule has 102 valence electrons. The van der Waals surface area contributed by atoms with Crippen LogP contribution in [-0.2, 0) is 0 Å². The zero-order valence-corrected chi connectivity index (χ0v) is 11.2. The van der Waals surface area contributed by atoms with Crippen molar-refractivity contribution < 1.29 is 9.90 Å². The number of aliphatic hydroxyl groups excluding tert-OH is 1. The fourth-order valence-corrected chi connectivity index (χ4v) is 1.81. The first-order chi connectivity index (χ1) is 9.60. The van der Waals surface area contributed by atoms with Gasteiger partial charge in [0.25, 0.3) is 5.91 Å². The molecule has 20 heavy (non-hydrogen) atoms. The lowest BCUT2D eigenvalue weighted by Gasteiger charge is -2.11. The first kappa shape index (κ1) is 14.1. The number of rotatable bonds is 4. The van der Waals surface area contributed by atoms with E-state index < -0.39 is 6.10 Å². The van der Waals surface area contributed by atoms with Crippen LogP contribution in [0.15, 0.2) is 36.5 Å². The number of nitrogens with zero attached hydrogens (tertiary/aromatic N) is 1. The molecule has 0 fully saturated rings. The number of hydrogen-bond donors (Lipinski definition) is 3. The Bertz CT molecular complexity index is 643. The number of aromatic amines is 1. The summed E-state index contributed by atoms with van der Waals surface area (Å²) in [7, 11) is 0. The Kier molecular flexibility index (Phi) is 4.41. The molecule has 3 N–H and O–H groups in total. The van der Waals surface area contributed by atoms with Crippen molar-refractivity contribution in [2.24, 2.45) is 0 Å². The van der Waals surface area contributed by atoms with Gasteiger partial charge in [-0.05, 0) is 23.8 Å². The highest BCUT2D eigenvalue weighted by molar-refractivity contribution is 6.30. The van der Waals surface area contributed by atoms with Crippen LogP contribution in [0.25, 0.3) is 0 Å². The fourth-order valence-electron chi connectivity index (χ4n) is 1.68. The molecule has 1 amide bonds. The van der Waals surface area contributed by atoms with E-state index in [0.717, 1.165) is 0 Å². The highest BCUT2D eigenvalue weighted by atomic mass is 35.5. The van der Waals surface area contributed by atoms with Gasteiger partial charge in [0.15, 0.2) is 0 Å². The number of carbonyl (C=O) groups excluding carboxylic acids is 1. The first-order valence-corrected chi connectivity index (χ1v) is 6.28. The van der Waals surface area contributed by atoms with Crippen LogP contribution >= 0.6 is 11.6 Å². The minimum atomic E-state index is -0.814. The minimum Gasteiger partial charge on any atom is -0.387 e. The van der Waals surface area contributed by atoms with E-state index in [1.54, 1.807) is 24.3 Å². The minimum absolute atomic E-state index is 0.0769. The van der Waals surface area contributed by atoms with E-state index in [2.05, 4.69) is 10.3 Å². The van der Waals surface area contributed by atoms with E-state index in [9.17, 15) is 9.90 Å². The molecular weight excluding hydrogens is 278 g/mol. The van der Waals surface area contributed by atoms with Crippen molar-refractivity contribution in [2.75, 3.05) is 6.54 Å². The number of H-pyrrole nitrogens is 1. The van der Waals surface area contributed by atoms with E-state index in [0.29, 0.717) is 21.8 Å². The summed E-state index contributed by atoms with van der Waals surface area (Å²) >= 11 is 5.76. The van der Waals surface area contributed by atoms with E-state index in [1.807, 2.05) is 6.07 Å². The molecule has 1 atom stereocenters. The van der Waals surface area contributed by atoms with Gasteiger partial charge < -0.3 is 15.4 Å². The molecule has 2 aromatic rings. The Balaban J connectivity index is 1.93. The van der Waals surface area contributed by atoms with Crippen LogP contribution in [0, 0.1) is 11.3 Å². The smallest absolute Gasteiger partial charge is 0.252 e. The van der Waals surface area contributed by atoms with Gasteiger partial charge in [-0.3, -0.25) is 4.79 Å². The summed E-state index contributed by atoms with van der Waals surface area (Å²) < 4.78 is 0. The number of amides is 1. The molecule has 5 nitrogen and oxygen atoms in total. The van der Waals surface area contributed by atoms with Crippen molar-refractivity contribution in [2.45, 2.75) is 6.10 Å². The summed E-state index contributed by atoms with van der Waals surface area (Å²) in [4.78, 5) is 14.5. The zero-order valence-electron chi connectivity index (χ0n) is 10.4. The van der Waals surface area contributed by atoms with Crippen molar-refractivity contribution >= 4 is 17.5 Å². The number of nitrogens with one attached hydrogen (secondary N) is 2. The molecule has 1 unspecified atom stereocenters. The molecule has 0 saturated heterocycles. The summed E-state index contributed by atoms with van der Waals surface area (Å²) in [5, 5.41) is 21.8. The van der Waals surface area contributed by atoms with E-state index in [-0.39, 0.29) is 12.5 Å². The largest absolute Gasteiger partial charge is 0.387 e. The number of aliphatic hydroxyl groups is 1. The third-order valence-electron chi connectivity index (χ3n) is 2.78. The van der Waals surface area contributed by atoms with Crippen molar-refractivity contribution in [3.8, 4) is 6.07 Å². The average molecular weight is 290 g/mol. The fraction of sp³-hybridized carbons (Fsp3) is 0.143. The summed E-state index contributed by atoms with van der Waals surface area (Å²) in [6.45, 7) is 0.0769. The molecular formula is C14H12ClN3O2. The molecule has 1 heterocycles. The van der Waals surface area contributed by atoms with Crippen LogP contribution in [0.4, 0.5) is 0 Å². The molecule has 0 aliphatic heterocycles. The van der Waals surface area contributed by atoms with Gasteiger partial charge in [-0.1, -0.05) is 23.7 Å². The maximum Gasteiger partial charge on any atom is 0.252 e. The molecule has 0 radical (unpaired) electrons. The van der Waals surface area contributed by atoms with Gasteiger partial charge in [0.2, 0.25) is 0 Å². The molecule has 0 aliphatic rings.